The molecule has 0 unspecified atom stereocenters. The highest BCUT2D eigenvalue weighted by Crippen LogP contribution is 2.48. The van der Waals surface area contributed by atoms with Gasteiger partial charge in [-0.2, -0.15) is 17.5 Å². The third-order valence-electron chi connectivity index (χ3n) is 5.48. The maximum Gasteiger partial charge on any atom is 0.417 e. The van der Waals surface area contributed by atoms with Crippen LogP contribution in [0.15, 0.2) is 52.5 Å². The second kappa shape index (κ2) is 7.21. The van der Waals surface area contributed by atoms with Crippen LogP contribution >= 0.6 is 0 Å². The monoisotopic (exact) mass is 423 g/mol. The standard InChI is InChI=1S/C20H20F3N3O2S/c1-13-2-5-18(6-3-13)29(27,28)26-12-15-8-14(15)9-17(26)11-25-19-7-4-16(10-24-19)20(21,22)23/h2-7,10-11,14-15,17H,8-9,12H2,1H3/t14-,15+,17+/m1/s1. The number of aromatic nitrogens is 1. The fraction of sp³-hybridized carbons (Fsp3) is 0.400. The SMILES string of the molecule is Cc1ccc(S(=O)(=O)N2C[C@@H]3C[C@@H]3C[C@H]2C=Nc2ccc(C(F)(F)F)cn2)cc1. The van der Waals surface area contributed by atoms with Crippen molar-refractivity contribution in [1.29, 1.82) is 0 Å². The molecule has 29 heavy (non-hydrogen) atoms. The average Bonchev–Trinajstić information content (AvgIpc) is 3.44. The van der Waals surface area contributed by atoms with Crippen LogP contribution in [0, 0.1) is 18.8 Å². The van der Waals surface area contributed by atoms with Crippen LogP contribution in [0.1, 0.15) is 24.0 Å². The number of benzene rings is 1. The van der Waals surface area contributed by atoms with Gasteiger partial charge in [0, 0.05) is 19.0 Å². The largest absolute Gasteiger partial charge is 0.417 e. The number of pyridine rings is 1. The molecule has 3 atom stereocenters. The Morgan fingerprint density at radius 1 is 1.10 bits per heavy atom. The molecule has 2 fully saturated rings. The lowest BCUT2D eigenvalue weighted by atomic mass is 10.1. The Labute approximate surface area is 167 Å². The smallest absolute Gasteiger partial charge is 0.240 e. The van der Waals surface area contributed by atoms with Crippen molar-refractivity contribution in [2.45, 2.75) is 36.9 Å². The van der Waals surface area contributed by atoms with E-state index in [-0.39, 0.29) is 10.7 Å². The summed E-state index contributed by atoms with van der Waals surface area (Å²) in [6.45, 7) is 2.32. The molecule has 0 spiro atoms. The Balaban J connectivity index is 1.57. The minimum absolute atomic E-state index is 0.114. The summed E-state index contributed by atoms with van der Waals surface area (Å²) in [4.78, 5) is 8.13. The Bertz CT molecular complexity index is 1020. The first-order valence-corrected chi connectivity index (χ1v) is 10.7. The fourth-order valence-electron chi connectivity index (χ4n) is 3.67. The highest BCUT2D eigenvalue weighted by molar-refractivity contribution is 7.89. The molecule has 154 valence electrons. The number of nitrogens with zero attached hydrogens (tertiary/aromatic N) is 3. The van der Waals surface area contributed by atoms with E-state index in [9.17, 15) is 21.6 Å². The maximum absolute atomic E-state index is 13.2. The first-order valence-electron chi connectivity index (χ1n) is 9.30. The quantitative estimate of drug-likeness (QED) is 0.692. The number of fused-ring (bicyclic) bond motifs is 1. The van der Waals surface area contributed by atoms with Gasteiger partial charge in [0.2, 0.25) is 10.0 Å². The zero-order valence-corrected chi connectivity index (χ0v) is 16.5. The van der Waals surface area contributed by atoms with Crippen molar-refractivity contribution in [2.75, 3.05) is 6.54 Å². The van der Waals surface area contributed by atoms with Gasteiger partial charge in [-0.3, -0.25) is 0 Å². The second-order valence-electron chi connectivity index (χ2n) is 7.63. The van der Waals surface area contributed by atoms with Gasteiger partial charge in [-0.05, 0) is 55.9 Å². The van der Waals surface area contributed by atoms with Crippen LogP contribution in [-0.4, -0.2) is 36.5 Å². The minimum atomic E-state index is -4.46. The molecule has 0 bridgehead atoms. The number of rotatable bonds is 4. The minimum Gasteiger partial charge on any atom is -0.240 e. The summed E-state index contributed by atoms with van der Waals surface area (Å²) in [6, 6.07) is 8.34. The lowest BCUT2D eigenvalue weighted by Gasteiger charge is -2.32. The molecule has 2 aromatic rings. The molecule has 1 saturated heterocycles. The van der Waals surface area contributed by atoms with E-state index in [1.165, 1.54) is 16.6 Å². The van der Waals surface area contributed by atoms with Crippen molar-refractivity contribution in [3.8, 4) is 0 Å². The molecule has 2 aliphatic rings. The average molecular weight is 423 g/mol. The number of halogens is 3. The van der Waals surface area contributed by atoms with Crippen LogP contribution in [0.25, 0.3) is 0 Å². The van der Waals surface area contributed by atoms with Crippen molar-refractivity contribution in [2.24, 2.45) is 16.8 Å². The van der Waals surface area contributed by atoms with Crippen molar-refractivity contribution in [3.63, 3.8) is 0 Å². The summed E-state index contributed by atoms with van der Waals surface area (Å²) < 4.78 is 65.8. The van der Waals surface area contributed by atoms with E-state index < -0.39 is 27.8 Å². The predicted molar refractivity (Wildman–Crippen MR) is 102 cm³/mol. The lowest BCUT2D eigenvalue weighted by Crippen LogP contribution is -2.45. The molecule has 4 rings (SSSR count). The normalized spacial score (nSPS) is 25.2. The first-order chi connectivity index (χ1) is 13.6. The van der Waals surface area contributed by atoms with Gasteiger partial charge >= 0.3 is 6.18 Å². The van der Waals surface area contributed by atoms with Gasteiger partial charge in [-0.1, -0.05) is 17.7 Å². The number of hydrogen-bond acceptors (Lipinski definition) is 4. The van der Waals surface area contributed by atoms with Crippen LogP contribution in [0.3, 0.4) is 0 Å². The molecule has 1 aliphatic heterocycles. The highest BCUT2D eigenvalue weighted by Gasteiger charge is 2.48. The molecular formula is C20H20F3N3O2S. The van der Waals surface area contributed by atoms with Crippen molar-refractivity contribution in [1.82, 2.24) is 9.29 Å². The summed E-state index contributed by atoms with van der Waals surface area (Å²) >= 11 is 0. The number of aliphatic imine (C=N–C) groups is 1. The van der Waals surface area contributed by atoms with Gasteiger partial charge < -0.3 is 0 Å². The summed E-state index contributed by atoms with van der Waals surface area (Å²) in [5.74, 6) is 0.948. The highest BCUT2D eigenvalue weighted by atomic mass is 32.2. The molecule has 2 heterocycles. The van der Waals surface area contributed by atoms with Gasteiger partial charge in [-0.15, -0.1) is 0 Å². The van der Waals surface area contributed by atoms with Gasteiger partial charge in [-0.25, -0.2) is 18.4 Å². The van der Waals surface area contributed by atoms with E-state index in [2.05, 4.69) is 9.98 Å². The van der Waals surface area contributed by atoms with Gasteiger partial charge in [0.1, 0.15) is 0 Å². The molecule has 1 saturated carbocycles. The van der Waals surface area contributed by atoms with E-state index in [1.54, 1.807) is 24.3 Å². The van der Waals surface area contributed by atoms with Crippen molar-refractivity contribution in [3.05, 3.63) is 53.7 Å². The second-order valence-corrected chi connectivity index (χ2v) is 9.52. The van der Waals surface area contributed by atoms with Crippen LogP contribution in [0.4, 0.5) is 19.0 Å². The number of hydrogen-bond donors (Lipinski definition) is 0. The summed E-state index contributed by atoms with van der Waals surface area (Å²) in [5.41, 5.74) is 0.120. The van der Waals surface area contributed by atoms with Crippen LogP contribution in [0.2, 0.25) is 0 Å². The van der Waals surface area contributed by atoms with Gasteiger partial charge in [0.05, 0.1) is 16.5 Å². The Morgan fingerprint density at radius 3 is 2.45 bits per heavy atom. The molecule has 1 aliphatic carbocycles. The molecule has 1 aromatic heterocycles. The molecule has 5 nitrogen and oxygen atoms in total. The van der Waals surface area contributed by atoms with Crippen LogP contribution in [-0.2, 0) is 16.2 Å². The topological polar surface area (TPSA) is 62.6 Å². The summed E-state index contributed by atoms with van der Waals surface area (Å²) in [5, 5.41) is 0. The van der Waals surface area contributed by atoms with Crippen LogP contribution in [0.5, 0.6) is 0 Å². The zero-order valence-electron chi connectivity index (χ0n) is 15.7. The first kappa shape index (κ1) is 20.0. The maximum atomic E-state index is 13.2. The van der Waals surface area contributed by atoms with E-state index in [1.807, 2.05) is 6.92 Å². The number of sulfonamides is 1. The van der Waals surface area contributed by atoms with Crippen molar-refractivity contribution >= 4 is 22.1 Å². The van der Waals surface area contributed by atoms with Crippen LogP contribution < -0.4 is 0 Å². The number of aryl methyl sites for hydroxylation is 1. The zero-order chi connectivity index (χ0) is 20.8. The molecule has 9 heteroatoms. The van der Waals surface area contributed by atoms with E-state index >= 15 is 0 Å². The molecular weight excluding hydrogens is 403 g/mol. The van der Waals surface area contributed by atoms with Gasteiger partial charge in [0.15, 0.2) is 5.82 Å². The van der Waals surface area contributed by atoms with Crippen molar-refractivity contribution < 1.29 is 21.6 Å². The van der Waals surface area contributed by atoms with E-state index in [4.69, 9.17) is 0 Å². The third kappa shape index (κ3) is 4.20. The Hall–Kier alpha value is -2.26. The number of piperidine rings is 1. The molecule has 0 radical (unpaired) electrons. The Morgan fingerprint density at radius 2 is 1.83 bits per heavy atom. The van der Waals surface area contributed by atoms with E-state index in [0.29, 0.717) is 24.8 Å². The molecule has 1 aromatic carbocycles. The lowest BCUT2D eigenvalue weighted by molar-refractivity contribution is -0.137. The fourth-order valence-corrected chi connectivity index (χ4v) is 5.30. The number of alkyl halides is 3. The van der Waals surface area contributed by atoms with E-state index in [0.717, 1.165) is 24.2 Å². The molecule has 0 amide bonds. The summed E-state index contributed by atoms with van der Waals surface area (Å²) in [6.07, 6.45) is -0.595. The third-order valence-corrected chi connectivity index (χ3v) is 7.38. The van der Waals surface area contributed by atoms with Gasteiger partial charge in [0.25, 0.3) is 0 Å². The Kier molecular flexibility index (Phi) is 4.98. The summed E-state index contributed by atoms with van der Waals surface area (Å²) in [7, 11) is -3.69. The predicted octanol–water partition coefficient (Wildman–Crippen LogP) is 4.21. The molecule has 0 N–H and O–H groups in total.